The molecule has 0 heterocycles. The van der Waals surface area contributed by atoms with E-state index in [1.165, 1.54) is 11.1 Å². The molecule has 2 nitrogen and oxygen atoms in total. The average Bonchev–Trinajstić information content (AvgIpc) is 2.41. The van der Waals surface area contributed by atoms with Gasteiger partial charge in [-0.3, -0.25) is 4.79 Å². The maximum absolute atomic E-state index is 12.0. The Bertz CT molecular complexity index is 617. The Morgan fingerprint density at radius 3 is 2.50 bits per heavy atom. The molecule has 0 aliphatic heterocycles. The maximum atomic E-state index is 12.0. The van der Waals surface area contributed by atoms with E-state index in [9.17, 15) is 4.79 Å². The van der Waals surface area contributed by atoms with Crippen LogP contribution in [0.3, 0.4) is 0 Å². The lowest BCUT2D eigenvalue weighted by Gasteiger charge is -2.05. The molecular weight excluding hydrogens is 246 g/mol. The molecule has 0 spiro atoms. The van der Waals surface area contributed by atoms with Crippen LogP contribution in [0.1, 0.15) is 28.7 Å². The van der Waals surface area contributed by atoms with Gasteiger partial charge in [0.2, 0.25) is 0 Å². The predicted octanol–water partition coefficient (Wildman–Crippen LogP) is 3.63. The lowest BCUT2D eigenvalue weighted by Crippen LogP contribution is -2.05. The van der Waals surface area contributed by atoms with Crippen LogP contribution in [0.4, 0.5) is 5.69 Å². The molecule has 104 valence electrons. The topological polar surface area (TPSA) is 43.1 Å². The lowest BCUT2D eigenvalue weighted by molar-refractivity contribution is -0.118. The lowest BCUT2D eigenvalue weighted by atomic mass is 9.99. The third-order valence-electron chi connectivity index (χ3n) is 3.62. The van der Waals surface area contributed by atoms with E-state index in [1.54, 1.807) is 0 Å². The molecule has 2 N–H and O–H groups in total. The van der Waals surface area contributed by atoms with E-state index >= 15 is 0 Å². The van der Waals surface area contributed by atoms with Crippen molar-refractivity contribution in [1.82, 2.24) is 0 Å². The molecule has 0 amide bonds. The van der Waals surface area contributed by atoms with E-state index in [-0.39, 0.29) is 5.78 Å². The standard InChI is InChI=1S/C18H21NO/c1-13-6-7-16(10-14(13)2)12-18(20)9-8-15-4-3-5-17(19)11-15/h3-7,10-11H,8-9,12,19H2,1-2H3. The molecule has 0 atom stereocenters. The molecule has 0 fully saturated rings. The van der Waals surface area contributed by atoms with Crippen molar-refractivity contribution >= 4 is 11.5 Å². The molecule has 0 bridgehead atoms. The van der Waals surface area contributed by atoms with Crippen LogP contribution in [0.2, 0.25) is 0 Å². The molecule has 0 aromatic heterocycles. The molecule has 0 radical (unpaired) electrons. The fourth-order valence-electron chi connectivity index (χ4n) is 2.26. The monoisotopic (exact) mass is 267 g/mol. The van der Waals surface area contributed by atoms with Crippen LogP contribution in [-0.4, -0.2) is 5.78 Å². The van der Waals surface area contributed by atoms with Gasteiger partial charge >= 0.3 is 0 Å². The zero-order valence-electron chi connectivity index (χ0n) is 12.1. The van der Waals surface area contributed by atoms with Crippen LogP contribution in [0.25, 0.3) is 0 Å². The summed E-state index contributed by atoms with van der Waals surface area (Å²) in [5.74, 6) is 0.274. The van der Waals surface area contributed by atoms with Gasteiger partial charge in [-0.05, 0) is 54.7 Å². The number of carbonyl (C=O) groups is 1. The van der Waals surface area contributed by atoms with Gasteiger partial charge in [0.1, 0.15) is 5.78 Å². The van der Waals surface area contributed by atoms with Crippen LogP contribution in [0, 0.1) is 13.8 Å². The Morgan fingerprint density at radius 1 is 1.00 bits per heavy atom. The summed E-state index contributed by atoms with van der Waals surface area (Å²) in [5.41, 5.74) is 11.2. The number of hydrogen-bond acceptors (Lipinski definition) is 2. The number of hydrogen-bond donors (Lipinski definition) is 1. The van der Waals surface area contributed by atoms with E-state index in [0.717, 1.165) is 23.2 Å². The number of nitrogens with two attached hydrogens (primary N) is 1. The zero-order chi connectivity index (χ0) is 14.5. The Morgan fingerprint density at radius 2 is 1.80 bits per heavy atom. The van der Waals surface area contributed by atoms with E-state index < -0.39 is 0 Å². The molecule has 0 unspecified atom stereocenters. The SMILES string of the molecule is Cc1ccc(CC(=O)CCc2cccc(N)c2)cc1C. The number of carbonyl (C=O) groups excluding carboxylic acids is 1. The van der Waals surface area contributed by atoms with Crippen LogP contribution in [0.5, 0.6) is 0 Å². The van der Waals surface area contributed by atoms with Crippen LogP contribution in [-0.2, 0) is 17.6 Å². The smallest absolute Gasteiger partial charge is 0.137 e. The van der Waals surface area contributed by atoms with Crippen molar-refractivity contribution in [2.75, 3.05) is 5.73 Å². The Balaban J connectivity index is 1.91. The summed E-state index contributed by atoms with van der Waals surface area (Å²) in [5, 5.41) is 0. The summed E-state index contributed by atoms with van der Waals surface area (Å²) < 4.78 is 0. The van der Waals surface area contributed by atoms with Crippen molar-refractivity contribution in [3.63, 3.8) is 0 Å². The molecule has 0 saturated carbocycles. The second-order valence-electron chi connectivity index (χ2n) is 5.38. The number of anilines is 1. The number of aryl methyl sites for hydroxylation is 3. The van der Waals surface area contributed by atoms with Crippen LogP contribution < -0.4 is 5.73 Å². The molecule has 2 aromatic carbocycles. The highest BCUT2D eigenvalue weighted by Crippen LogP contribution is 2.13. The highest BCUT2D eigenvalue weighted by atomic mass is 16.1. The van der Waals surface area contributed by atoms with Gasteiger partial charge in [0.25, 0.3) is 0 Å². The number of ketones is 1. The molecule has 2 rings (SSSR count). The minimum Gasteiger partial charge on any atom is -0.399 e. The van der Waals surface area contributed by atoms with E-state index in [4.69, 9.17) is 5.73 Å². The number of Topliss-reactive ketones (excluding diaryl/α,β-unsaturated/α-hetero) is 1. The molecule has 0 aliphatic rings. The molecular formula is C18H21NO. The van der Waals surface area contributed by atoms with E-state index in [2.05, 4.69) is 26.0 Å². The van der Waals surface area contributed by atoms with E-state index in [0.29, 0.717) is 12.8 Å². The Labute approximate surface area is 120 Å². The van der Waals surface area contributed by atoms with Gasteiger partial charge in [-0.2, -0.15) is 0 Å². The minimum absolute atomic E-state index is 0.274. The molecule has 20 heavy (non-hydrogen) atoms. The van der Waals surface area contributed by atoms with Crippen LogP contribution in [0.15, 0.2) is 42.5 Å². The van der Waals surface area contributed by atoms with Gasteiger partial charge in [0, 0.05) is 18.5 Å². The number of nitrogen functional groups attached to an aromatic ring is 1. The largest absolute Gasteiger partial charge is 0.399 e. The summed E-state index contributed by atoms with van der Waals surface area (Å²) in [6, 6.07) is 14.0. The first-order chi connectivity index (χ1) is 9.54. The van der Waals surface area contributed by atoms with Crippen molar-refractivity contribution in [2.24, 2.45) is 0 Å². The number of rotatable bonds is 5. The van der Waals surface area contributed by atoms with Crippen molar-refractivity contribution in [3.8, 4) is 0 Å². The highest BCUT2D eigenvalue weighted by Gasteiger charge is 2.05. The molecule has 2 heteroatoms. The fourth-order valence-corrected chi connectivity index (χ4v) is 2.26. The second-order valence-corrected chi connectivity index (χ2v) is 5.38. The predicted molar refractivity (Wildman–Crippen MR) is 83.8 cm³/mol. The van der Waals surface area contributed by atoms with Crippen molar-refractivity contribution in [1.29, 1.82) is 0 Å². The van der Waals surface area contributed by atoms with Gasteiger partial charge in [-0.15, -0.1) is 0 Å². The first kappa shape index (κ1) is 14.3. The average molecular weight is 267 g/mol. The number of benzene rings is 2. The van der Waals surface area contributed by atoms with Gasteiger partial charge in [-0.1, -0.05) is 30.3 Å². The van der Waals surface area contributed by atoms with Gasteiger partial charge in [0.15, 0.2) is 0 Å². The minimum atomic E-state index is 0.274. The summed E-state index contributed by atoms with van der Waals surface area (Å²) in [7, 11) is 0. The molecule has 0 aliphatic carbocycles. The summed E-state index contributed by atoms with van der Waals surface area (Å²) in [6.07, 6.45) is 1.84. The molecule has 0 saturated heterocycles. The van der Waals surface area contributed by atoms with Gasteiger partial charge < -0.3 is 5.73 Å². The summed E-state index contributed by atoms with van der Waals surface area (Å²) >= 11 is 0. The Hall–Kier alpha value is -2.09. The summed E-state index contributed by atoms with van der Waals surface area (Å²) in [6.45, 7) is 4.16. The normalized spacial score (nSPS) is 10.5. The van der Waals surface area contributed by atoms with E-state index in [1.807, 2.05) is 30.3 Å². The first-order valence-corrected chi connectivity index (χ1v) is 6.97. The maximum Gasteiger partial charge on any atom is 0.137 e. The zero-order valence-corrected chi connectivity index (χ0v) is 12.1. The summed E-state index contributed by atoms with van der Waals surface area (Å²) in [4.78, 5) is 12.0. The van der Waals surface area contributed by atoms with Crippen LogP contribution >= 0.6 is 0 Å². The van der Waals surface area contributed by atoms with Crippen molar-refractivity contribution in [2.45, 2.75) is 33.1 Å². The molecule has 2 aromatic rings. The van der Waals surface area contributed by atoms with Crippen molar-refractivity contribution in [3.05, 3.63) is 64.7 Å². The van der Waals surface area contributed by atoms with Crippen molar-refractivity contribution < 1.29 is 4.79 Å². The first-order valence-electron chi connectivity index (χ1n) is 6.97. The fraction of sp³-hybridized carbons (Fsp3) is 0.278. The van der Waals surface area contributed by atoms with Gasteiger partial charge in [0.05, 0.1) is 0 Å². The Kier molecular flexibility index (Phi) is 4.57. The van der Waals surface area contributed by atoms with Gasteiger partial charge in [-0.25, -0.2) is 0 Å². The highest BCUT2D eigenvalue weighted by molar-refractivity contribution is 5.81. The third-order valence-corrected chi connectivity index (χ3v) is 3.62. The third kappa shape index (κ3) is 3.95. The second kappa shape index (κ2) is 6.38. The quantitative estimate of drug-likeness (QED) is 0.841.